The molecular weight excluding hydrogens is 311 g/mol. The Bertz CT molecular complexity index is 549. The van der Waals surface area contributed by atoms with Crippen LogP contribution in [0.1, 0.15) is 58.4 Å². The largest absolute Gasteiger partial charge is 0.469 e. The molecule has 0 saturated carbocycles. The van der Waals surface area contributed by atoms with Crippen molar-refractivity contribution >= 4 is 13.1 Å². The third kappa shape index (κ3) is 4.02. The number of rotatable bonds is 7. The molecule has 2 heterocycles. The first-order valence-electron chi connectivity index (χ1n) is 8.29. The van der Waals surface area contributed by atoms with E-state index in [9.17, 15) is 4.79 Å². The molecule has 134 valence electrons. The minimum Gasteiger partial charge on any atom is -0.466 e. The molecular formula is C17H27BO6. The normalized spacial score (nSPS) is 20.2. The van der Waals surface area contributed by atoms with E-state index in [2.05, 4.69) is 0 Å². The maximum absolute atomic E-state index is 12.0. The molecule has 1 aromatic heterocycles. The van der Waals surface area contributed by atoms with Gasteiger partial charge in [0, 0.05) is 7.11 Å². The summed E-state index contributed by atoms with van der Waals surface area (Å²) in [6.07, 6.45) is 0.130. The van der Waals surface area contributed by atoms with E-state index < -0.39 is 18.3 Å². The number of carbonyl (C=O) groups is 1. The topological polar surface area (TPSA) is 67.1 Å². The van der Waals surface area contributed by atoms with E-state index >= 15 is 0 Å². The lowest BCUT2D eigenvalue weighted by molar-refractivity contribution is -0.143. The van der Waals surface area contributed by atoms with E-state index in [4.69, 9.17) is 23.2 Å². The Kier molecular flexibility index (Phi) is 5.78. The maximum Gasteiger partial charge on any atom is 0.469 e. The van der Waals surface area contributed by atoms with Crippen molar-refractivity contribution in [1.29, 1.82) is 0 Å². The molecule has 1 unspecified atom stereocenters. The summed E-state index contributed by atoms with van der Waals surface area (Å²) < 4.78 is 28.2. The number of esters is 1. The van der Waals surface area contributed by atoms with Crippen LogP contribution in [0.3, 0.4) is 0 Å². The highest BCUT2D eigenvalue weighted by atomic mass is 16.7. The summed E-state index contributed by atoms with van der Waals surface area (Å²) in [6, 6.07) is 3.67. The van der Waals surface area contributed by atoms with Gasteiger partial charge in [-0.15, -0.1) is 0 Å². The van der Waals surface area contributed by atoms with Crippen LogP contribution in [0, 0.1) is 0 Å². The van der Waals surface area contributed by atoms with Crippen molar-refractivity contribution in [1.82, 2.24) is 0 Å². The van der Waals surface area contributed by atoms with E-state index in [-0.39, 0.29) is 18.2 Å². The zero-order chi connectivity index (χ0) is 18.0. The van der Waals surface area contributed by atoms with Crippen LogP contribution in [-0.4, -0.2) is 38.0 Å². The molecule has 1 saturated heterocycles. The molecule has 0 N–H and O–H groups in total. The van der Waals surface area contributed by atoms with Crippen LogP contribution < -0.4 is 0 Å². The molecule has 0 amide bonds. The lowest BCUT2D eigenvalue weighted by Crippen LogP contribution is -2.41. The van der Waals surface area contributed by atoms with Gasteiger partial charge in [-0.2, -0.15) is 0 Å². The van der Waals surface area contributed by atoms with Gasteiger partial charge in [0.2, 0.25) is 0 Å². The fourth-order valence-corrected chi connectivity index (χ4v) is 2.60. The van der Waals surface area contributed by atoms with Crippen molar-refractivity contribution in [2.24, 2.45) is 0 Å². The Morgan fingerprint density at radius 3 is 2.38 bits per heavy atom. The quantitative estimate of drug-likeness (QED) is 0.562. The molecule has 0 spiro atoms. The molecule has 0 radical (unpaired) electrons. The van der Waals surface area contributed by atoms with Crippen molar-refractivity contribution in [2.45, 2.75) is 64.7 Å². The standard InChI is InChI=1S/C17H27BO6/c1-7-21-15(19)10-13(14-9-8-12(22-14)11-20-6)18-23-16(2,3)17(4,5)24-18/h8-9,13H,7,10-11H2,1-6H3. The number of furan rings is 1. The summed E-state index contributed by atoms with van der Waals surface area (Å²) >= 11 is 0. The van der Waals surface area contributed by atoms with Crippen LogP contribution in [0.2, 0.25) is 0 Å². The number of methoxy groups -OCH3 is 1. The lowest BCUT2D eigenvalue weighted by Gasteiger charge is -2.32. The zero-order valence-electron chi connectivity index (χ0n) is 15.4. The van der Waals surface area contributed by atoms with Gasteiger partial charge in [0.05, 0.1) is 30.0 Å². The Hall–Kier alpha value is -1.31. The Morgan fingerprint density at radius 1 is 1.21 bits per heavy atom. The first kappa shape index (κ1) is 19.0. The second-order valence-corrected chi connectivity index (χ2v) is 6.98. The summed E-state index contributed by atoms with van der Waals surface area (Å²) in [5.41, 5.74) is -0.959. The van der Waals surface area contributed by atoms with Gasteiger partial charge in [-0.1, -0.05) is 0 Å². The van der Waals surface area contributed by atoms with Crippen molar-refractivity contribution in [3.63, 3.8) is 0 Å². The fraction of sp³-hybridized carbons (Fsp3) is 0.706. The second kappa shape index (κ2) is 7.29. The Balaban J connectivity index is 2.24. The molecule has 0 aliphatic carbocycles. The van der Waals surface area contributed by atoms with Gasteiger partial charge in [-0.3, -0.25) is 4.79 Å². The molecule has 1 aliphatic rings. The van der Waals surface area contributed by atoms with Crippen LogP contribution in [0.15, 0.2) is 16.5 Å². The molecule has 0 aromatic carbocycles. The minimum atomic E-state index is -0.582. The van der Waals surface area contributed by atoms with E-state index in [1.807, 2.05) is 39.8 Å². The molecule has 1 fully saturated rings. The first-order chi connectivity index (χ1) is 11.2. The minimum absolute atomic E-state index is 0.130. The van der Waals surface area contributed by atoms with Crippen LogP contribution in [0.25, 0.3) is 0 Å². The van der Waals surface area contributed by atoms with Crippen molar-refractivity contribution in [3.05, 3.63) is 23.7 Å². The third-order valence-electron chi connectivity index (χ3n) is 4.63. The van der Waals surface area contributed by atoms with Crippen molar-refractivity contribution in [3.8, 4) is 0 Å². The zero-order valence-corrected chi connectivity index (χ0v) is 15.4. The fourth-order valence-electron chi connectivity index (χ4n) is 2.60. The number of hydrogen-bond donors (Lipinski definition) is 0. The molecule has 1 atom stereocenters. The van der Waals surface area contributed by atoms with Crippen molar-refractivity contribution < 1.29 is 28.0 Å². The predicted octanol–water partition coefficient (Wildman–Crippen LogP) is 3.09. The maximum atomic E-state index is 12.0. The highest BCUT2D eigenvalue weighted by molar-refractivity contribution is 6.48. The van der Waals surface area contributed by atoms with Crippen LogP contribution in [0.5, 0.6) is 0 Å². The van der Waals surface area contributed by atoms with Gasteiger partial charge in [-0.25, -0.2) is 0 Å². The van der Waals surface area contributed by atoms with Gasteiger partial charge in [0.25, 0.3) is 0 Å². The summed E-state index contributed by atoms with van der Waals surface area (Å²) in [7, 11) is 1.02. The number of ether oxygens (including phenoxy) is 2. The van der Waals surface area contributed by atoms with Gasteiger partial charge in [0.15, 0.2) is 0 Å². The van der Waals surface area contributed by atoms with Gasteiger partial charge in [-0.05, 0) is 46.8 Å². The van der Waals surface area contributed by atoms with E-state index in [0.29, 0.717) is 24.7 Å². The van der Waals surface area contributed by atoms with Crippen LogP contribution in [0.4, 0.5) is 0 Å². The first-order valence-corrected chi connectivity index (χ1v) is 8.29. The Morgan fingerprint density at radius 2 is 1.83 bits per heavy atom. The lowest BCUT2D eigenvalue weighted by atomic mass is 9.68. The van der Waals surface area contributed by atoms with Crippen molar-refractivity contribution in [2.75, 3.05) is 13.7 Å². The predicted molar refractivity (Wildman–Crippen MR) is 89.5 cm³/mol. The molecule has 1 aromatic rings. The summed E-state index contributed by atoms with van der Waals surface area (Å²) in [6.45, 7) is 10.4. The molecule has 24 heavy (non-hydrogen) atoms. The van der Waals surface area contributed by atoms with Crippen LogP contribution >= 0.6 is 0 Å². The van der Waals surface area contributed by atoms with Crippen LogP contribution in [-0.2, 0) is 30.2 Å². The highest BCUT2D eigenvalue weighted by Gasteiger charge is 2.55. The van der Waals surface area contributed by atoms with Gasteiger partial charge < -0.3 is 23.2 Å². The SMILES string of the molecule is CCOC(=O)CC(B1OC(C)(C)C(C)(C)O1)c1ccc(COC)o1. The second-order valence-electron chi connectivity index (χ2n) is 6.98. The highest BCUT2D eigenvalue weighted by Crippen LogP contribution is 2.42. The molecule has 7 heteroatoms. The summed E-state index contributed by atoms with van der Waals surface area (Å²) in [5.74, 6) is 0.643. The van der Waals surface area contributed by atoms with E-state index in [1.165, 1.54) is 0 Å². The number of hydrogen-bond acceptors (Lipinski definition) is 6. The molecule has 0 bridgehead atoms. The third-order valence-corrected chi connectivity index (χ3v) is 4.63. The molecule has 6 nitrogen and oxygen atoms in total. The van der Waals surface area contributed by atoms with Gasteiger partial charge in [0.1, 0.15) is 18.1 Å². The Labute approximate surface area is 143 Å². The monoisotopic (exact) mass is 338 g/mol. The summed E-state index contributed by atoms with van der Waals surface area (Å²) in [4.78, 5) is 12.0. The van der Waals surface area contributed by atoms with Gasteiger partial charge >= 0.3 is 13.1 Å². The van der Waals surface area contributed by atoms with E-state index in [1.54, 1.807) is 14.0 Å². The smallest absolute Gasteiger partial charge is 0.466 e. The molecule has 2 rings (SSSR count). The van der Waals surface area contributed by atoms with E-state index in [0.717, 1.165) is 0 Å². The summed E-state index contributed by atoms with van der Waals surface area (Å²) in [5, 5.41) is 0. The average Bonchev–Trinajstić information content (AvgIpc) is 3.00. The number of carbonyl (C=O) groups excluding carboxylic acids is 1. The average molecular weight is 338 g/mol. The molecule has 1 aliphatic heterocycles.